The Kier molecular flexibility index (Phi) is 7.61. The van der Waals surface area contributed by atoms with Crippen molar-refractivity contribution in [3.63, 3.8) is 0 Å². The first-order valence-electron chi connectivity index (χ1n) is 10.1. The zero-order chi connectivity index (χ0) is 24.2. The highest BCUT2D eigenvalue weighted by Crippen LogP contribution is 2.30. The van der Waals surface area contributed by atoms with Gasteiger partial charge in [-0.05, 0) is 26.0 Å². The maximum absolute atomic E-state index is 14.9. The standard InChI is InChI=1S/C20H24F2N4O6S/c1-12(10-21)30-20(27)26-8-6-14(7-9-26)31-18-17(22)19(24-11-23-18)32-15-4-5-16(25-13(15)2)33(3,28)29/h4-5,11-12,14H,6-10H2,1-3H3/t12-/m1/s1. The van der Waals surface area contributed by atoms with Crippen LogP contribution in [0.5, 0.6) is 17.5 Å². The lowest BCUT2D eigenvalue weighted by Crippen LogP contribution is -2.43. The Labute approximate surface area is 189 Å². The van der Waals surface area contributed by atoms with Crippen molar-refractivity contribution in [1.82, 2.24) is 19.9 Å². The molecule has 0 unspecified atom stereocenters. The van der Waals surface area contributed by atoms with Crippen LogP contribution in [0.3, 0.4) is 0 Å². The van der Waals surface area contributed by atoms with E-state index >= 15 is 0 Å². The van der Waals surface area contributed by atoms with Crippen molar-refractivity contribution >= 4 is 15.9 Å². The summed E-state index contributed by atoms with van der Waals surface area (Å²) < 4.78 is 66.7. The van der Waals surface area contributed by atoms with E-state index in [0.29, 0.717) is 25.9 Å². The summed E-state index contributed by atoms with van der Waals surface area (Å²) >= 11 is 0. The van der Waals surface area contributed by atoms with Crippen LogP contribution in [0.25, 0.3) is 0 Å². The number of sulfone groups is 1. The molecule has 10 nitrogen and oxygen atoms in total. The van der Waals surface area contributed by atoms with Crippen molar-refractivity contribution in [1.29, 1.82) is 0 Å². The van der Waals surface area contributed by atoms with E-state index in [1.807, 2.05) is 0 Å². The van der Waals surface area contributed by atoms with Crippen molar-refractivity contribution in [3.8, 4) is 17.5 Å². The molecule has 3 rings (SSSR count). The molecule has 1 aliphatic heterocycles. The molecule has 0 saturated carbocycles. The minimum atomic E-state index is -3.50. The van der Waals surface area contributed by atoms with Crippen molar-refractivity contribution < 1.29 is 36.2 Å². The van der Waals surface area contributed by atoms with E-state index in [1.165, 1.54) is 30.9 Å². The number of carbonyl (C=O) groups excluding carboxylic acids is 1. The van der Waals surface area contributed by atoms with Crippen LogP contribution in [0.15, 0.2) is 23.5 Å². The molecule has 180 valence electrons. The van der Waals surface area contributed by atoms with Crippen LogP contribution in [0.4, 0.5) is 13.6 Å². The number of aromatic nitrogens is 3. The number of amides is 1. The highest BCUT2D eigenvalue weighted by Gasteiger charge is 2.27. The number of nitrogens with zero attached hydrogens (tertiary/aromatic N) is 4. The Morgan fingerprint density at radius 2 is 1.91 bits per heavy atom. The van der Waals surface area contributed by atoms with Gasteiger partial charge in [0.05, 0.1) is 5.69 Å². The molecule has 0 bridgehead atoms. The van der Waals surface area contributed by atoms with Crippen LogP contribution in [-0.4, -0.2) is 72.6 Å². The Hall–Kier alpha value is -3.09. The molecule has 2 aromatic heterocycles. The summed E-state index contributed by atoms with van der Waals surface area (Å²) in [4.78, 5) is 25.0. The molecule has 0 radical (unpaired) electrons. The number of likely N-dealkylation sites (tertiary alicyclic amines) is 1. The number of carbonyl (C=O) groups is 1. The normalized spacial score (nSPS) is 15.7. The van der Waals surface area contributed by atoms with Gasteiger partial charge in [0.25, 0.3) is 11.8 Å². The van der Waals surface area contributed by atoms with Crippen LogP contribution in [0.1, 0.15) is 25.5 Å². The first kappa shape index (κ1) is 24.6. The van der Waals surface area contributed by atoms with E-state index in [0.717, 1.165) is 12.6 Å². The zero-order valence-electron chi connectivity index (χ0n) is 18.3. The van der Waals surface area contributed by atoms with Gasteiger partial charge in [-0.25, -0.2) is 22.6 Å². The fraction of sp³-hybridized carbons (Fsp3) is 0.500. The molecular formula is C20H24F2N4O6S. The zero-order valence-corrected chi connectivity index (χ0v) is 19.1. The number of alkyl halides is 1. The largest absolute Gasteiger partial charge is 0.472 e. The highest BCUT2D eigenvalue weighted by atomic mass is 32.2. The summed E-state index contributed by atoms with van der Waals surface area (Å²) in [5.41, 5.74) is 0.236. The van der Waals surface area contributed by atoms with Crippen molar-refractivity contribution in [2.75, 3.05) is 26.0 Å². The van der Waals surface area contributed by atoms with Gasteiger partial charge < -0.3 is 19.1 Å². The van der Waals surface area contributed by atoms with E-state index in [9.17, 15) is 22.0 Å². The smallest absolute Gasteiger partial charge is 0.410 e. The fourth-order valence-electron chi connectivity index (χ4n) is 3.03. The molecule has 2 aromatic rings. The maximum Gasteiger partial charge on any atom is 0.410 e. The summed E-state index contributed by atoms with van der Waals surface area (Å²) in [5, 5.41) is -0.131. The number of hydrogen-bond donors (Lipinski definition) is 0. The van der Waals surface area contributed by atoms with Crippen LogP contribution in [-0.2, 0) is 14.6 Å². The summed E-state index contributed by atoms with van der Waals surface area (Å²) in [6.45, 7) is 2.82. The molecule has 1 saturated heterocycles. The van der Waals surface area contributed by atoms with Gasteiger partial charge in [0.15, 0.2) is 20.6 Å². The molecule has 0 aromatic carbocycles. The number of rotatable bonds is 7. The number of piperidine rings is 1. The Morgan fingerprint density at radius 3 is 2.52 bits per heavy atom. The van der Waals surface area contributed by atoms with Gasteiger partial charge in [0.1, 0.15) is 25.2 Å². The third-order valence-corrected chi connectivity index (χ3v) is 5.81. The molecule has 13 heteroatoms. The third-order valence-electron chi connectivity index (χ3n) is 4.82. The lowest BCUT2D eigenvalue weighted by molar-refractivity contribution is 0.0383. The van der Waals surface area contributed by atoms with Gasteiger partial charge in [-0.3, -0.25) is 0 Å². The van der Waals surface area contributed by atoms with Gasteiger partial charge >= 0.3 is 6.09 Å². The van der Waals surface area contributed by atoms with Gasteiger partial charge in [-0.2, -0.15) is 14.4 Å². The van der Waals surface area contributed by atoms with Crippen molar-refractivity contribution in [3.05, 3.63) is 30.0 Å². The van der Waals surface area contributed by atoms with Crippen molar-refractivity contribution in [2.45, 2.75) is 43.9 Å². The fourth-order valence-corrected chi connectivity index (χ4v) is 3.65. The lowest BCUT2D eigenvalue weighted by atomic mass is 10.1. The molecule has 1 fully saturated rings. The van der Waals surface area contributed by atoms with Gasteiger partial charge in [0, 0.05) is 32.2 Å². The molecule has 0 aliphatic carbocycles. The summed E-state index contributed by atoms with van der Waals surface area (Å²) in [6.07, 6.45) is 1.06. The highest BCUT2D eigenvalue weighted by molar-refractivity contribution is 7.90. The first-order chi connectivity index (χ1) is 15.6. The molecule has 3 heterocycles. The number of hydrogen-bond acceptors (Lipinski definition) is 9. The van der Waals surface area contributed by atoms with Crippen LogP contribution >= 0.6 is 0 Å². The number of ether oxygens (including phenoxy) is 3. The van der Waals surface area contributed by atoms with Crippen molar-refractivity contribution in [2.24, 2.45) is 0 Å². The van der Waals surface area contributed by atoms with E-state index in [-0.39, 0.29) is 22.3 Å². The monoisotopic (exact) mass is 486 g/mol. The summed E-state index contributed by atoms with van der Waals surface area (Å²) in [6, 6.07) is 2.61. The SMILES string of the molecule is Cc1nc(S(C)(=O)=O)ccc1Oc1ncnc(OC2CCN(C(=O)O[C@H](C)CF)CC2)c1F. The van der Waals surface area contributed by atoms with Crippen LogP contribution < -0.4 is 9.47 Å². The van der Waals surface area contributed by atoms with Gasteiger partial charge in [-0.15, -0.1) is 0 Å². The van der Waals surface area contributed by atoms with Crippen LogP contribution in [0, 0.1) is 12.7 Å². The maximum atomic E-state index is 14.9. The van der Waals surface area contributed by atoms with E-state index < -0.39 is 46.5 Å². The van der Waals surface area contributed by atoms with Gasteiger partial charge in [0.2, 0.25) is 5.82 Å². The predicted octanol–water partition coefficient (Wildman–Crippen LogP) is 2.85. The average molecular weight is 486 g/mol. The minimum absolute atomic E-state index is 0.125. The number of pyridine rings is 1. The number of aryl methyl sites for hydroxylation is 1. The van der Waals surface area contributed by atoms with Gasteiger partial charge in [-0.1, -0.05) is 0 Å². The molecule has 1 aliphatic rings. The average Bonchev–Trinajstić information content (AvgIpc) is 2.77. The van der Waals surface area contributed by atoms with E-state index in [2.05, 4.69) is 15.0 Å². The lowest BCUT2D eigenvalue weighted by Gasteiger charge is -2.31. The second kappa shape index (κ2) is 10.2. The summed E-state index contributed by atoms with van der Waals surface area (Å²) in [5.74, 6) is -1.52. The van der Waals surface area contributed by atoms with E-state index in [1.54, 1.807) is 0 Å². The second-order valence-electron chi connectivity index (χ2n) is 7.56. The van der Waals surface area contributed by atoms with E-state index in [4.69, 9.17) is 14.2 Å². The topological polar surface area (TPSA) is 121 Å². The Balaban J connectivity index is 1.64. The summed E-state index contributed by atoms with van der Waals surface area (Å²) in [7, 11) is -3.50. The second-order valence-corrected chi connectivity index (χ2v) is 9.52. The molecule has 33 heavy (non-hydrogen) atoms. The Morgan fingerprint density at radius 1 is 1.24 bits per heavy atom. The third kappa shape index (κ3) is 6.24. The molecule has 1 atom stereocenters. The Bertz CT molecular complexity index is 1110. The molecule has 1 amide bonds. The molecule has 0 N–H and O–H groups in total. The minimum Gasteiger partial charge on any atom is -0.472 e. The molecular weight excluding hydrogens is 462 g/mol. The first-order valence-corrected chi connectivity index (χ1v) is 12.0. The number of halogens is 2. The molecule has 0 spiro atoms. The van der Waals surface area contributed by atoms with Crippen LogP contribution in [0.2, 0.25) is 0 Å². The predicted molar refractivity (Wildman–Crippen MR) is 111 cm³/mol. The quantitative estimate of drug-likeness (QED) is 0.581.